The van der Waals surface area contributed by atoms with E-state index >= 15 is 0 Å². The largest absolute Gasteiger partial charge is 0.416 e. The summed E-state index contributed by atoms with van der Waals surface area (Å²) in [6, 6.07) is 11.2. The number of halogens is 3. The molecule has 0 aliphatic heterocycles. The Morgan fingerprint density at radius 1 is 1.16 bits per heavy atom. The fourth-order valence-electron chi connectivity index (χ4n) is 3.11. The third-order valence-electron chi connectivity index (χ3n) is 4.77. The van der Waals surface area contributed by atoms with Crippen molar-refractivity contribution in [3.8, 4) is 5.69 Å². The standard InChI is InChI=1S/C23H24F3N3O2S/c1-4-19(20(30)27-13-14(2)3)32-22-28-18-11-6-5-10-17(18)21(31)29(22)16-9-7-8-15(12-16)23(24,25)26/h5-12,14,19H,4,13H2,1-3H3,(H,27,30). The van der Waals surface area contributed by atoms with Crippen LogP contribution >= 0.6 is 11.8 Å². The average Bonchev–Trinajstić information content (AvgIpc) is 2.75. The number of nitrogens with zero attached hydrogens (tertiary/aromatic N) is 2. The molecule has 0 saturated heterocycles. The number of carbonyl (C=O) groups excluding carboxylic acids is 1. The highest BCUT2D eigenvalue weighted by atomic mass is 32.2. The van der Waals surface area contributed by atoms with Gasteiger partial charge in [-0.15, -0.1) is 0 Å². The first-order valence-electron chi connectivity index (χ1n) is 10.3. The van der Waals surface area contributed by atoms with Crippen LogP contribution in [0.25, 0.3) is 16.6 Å². The molecule has 3 rings (SSSR count). The Kier molecular flexibility index (Phi) is 7.28. The summed E-state index contributed by atoms with van der Waals surface area (Å²) in [6.07, 6.45) is -4.10. The summed E-state index contributed by atoms with van der Waals surface area (Å²) in [5.41, 5.74) is -0.897. The summed E-state index contributed by atoms with van der Waals surface area (Å²) < 4.78 is 41.0. The van der Waals surface area contributed by atoms with Gasteiger partial charge in [-0.05, 0) is 42.7 Å². The molecular formula is C23H24F3N3O2S. The molecule has 1 atom stereocenters. The van der Waals surface area contributed by atoms with Crippen molar-refractivity contribution in [1.82, 2.24) is 14.9 Å². The van der Waals surface area contributed by atoms with E-state index in [2.05, 4.69) is 10.3 Å². The molecule has 5 nitrogen and oxygen atoms in total. The van der Waals surface area contributed by atoms with Crippen molar-refractivity contribution in [2.45, 2.75) is 43.8 Å². The lowest BCUT2D eigenvalue weighted by atomic mass is 10.2. The zero-order chi connectivity index (χ0) is 23.5. The van der Waals surface area contributed by atoms with Gasteiger partial charge in [0.2, 0.25) is 5.91 Å². The van der Waals surface area contributed by atoms with Gasteiger partial charge in [0.25, 0.3) is 5.56 Å². The maximum absolute atomic E-state index is 13.3. The van der Waals surface area contributed by atoms with E-state index in [4.69, 9.17) is 0 Å². The second-order valence-electron chi connectivity index (χ2n) is 7.75. The third-order valence-corrected chi connectivity index (χ3v) is 6.09. The number of para-hydroxylation sites is 1. The van der Waals surface area contributed by atoms with Crippen LogP contribution in [0.3, 0.4) is 0 Å². The molecule has 9 heteroatoms. The van der Waals surface area contributed by atoms with Crippen LogP contribution in [0.1, 0.15) is 32.8 Å². The van der Waals surface area contributed by atoms with Gasteiger partial charge in [0.05, 0.1) is 27.4 Å². The molecule has 1 N–H and O–H groups in total. The molecule has 32 heavy (non-hydrogen) atoms. The van der Waals surface area contributed by atoms with Gasteiger partial charge >= 0.3 is 6.18 Å². The van der Waals surface area contributed by atoms with Gasteiger partial charge in [-0.25, -0.2) is 4.98 Å². The first kappa shape index (κ1) is 23.8. The van der Waals surface area contributed by atoms with Crippen LogP contribution in [0.2, 0.25) is 0 Å². The topological polar surface area (TPSA) is 64.0 Å². The molecule has 0 fully saturated rings. The number of benzene rings is 2. The zero-order valence-corrected chi connectivity index (χ0v) is 18.8. The van der Waals surface area contributed by atoms with Crippen LogP contribution in [-0.2, 0) is 11.0 Å². The van der Waals surface area contributed by atoms with Crippen molar-refractivity contribution in [2.75, 3.05) is 6.54 Å². The fourth-order valence-corrected chi connectivity index (χ4v) is 4.16. The number of carbonyl (C=O) groups is 1. The van der Waals surface area contributed by atoms with Gasteiger partial charge in [0.15, 0.2) is 5.16 Å². The fraction of sp³-hybridized carbons (Fsp3) is 0.348. The van der Waals surface area contributed by atoms with E-state index < -0.39 is 22.5 Å². The molecule has 1 aromatic heterocycles. The van der Waals surface area contributed by atoms with Gasteiger partial charge in [0, 0.05) is 6.54 Å². The minimum absolute atomic E-state index is 0.0445. The van der Waals surface area contributed by atoms with Crippen LogP contribution in [0, 0.1) is 5.92 Å². The predicted octanol–water partition coefficient (Wildman–Crippen LogP) is 5.05. The number of nitrogens with one attached hydrogen (secondary N) is 1. The van der Waals surface area contributed by atoms with Crippen LogP contribution in [-0.4, -0.2) is 27.3 Å². The van der Waals surface area contributed by atoms with E-state index in [-0.39, 0.29) is 28.1 Å². The maximum Gasteiger partial charge on any atom is 0.416 e. The molecule has 0 radical (unpaired) electrons. The zero-order valence-electron chi connectivity index (χ0n) is 17.9. The summed E-state index contributed by atoms with van der Waals surface area (Å²) in [5.74, 6) is 0.0627. The minimum Gasteiger partial charge on any atom is -0.355 e. The molecule has 0 spiro atoms. The van der Waals surface area contributed by atoms with Gasteiger partial charge in [-0.1, -0.05) is 50.7 Å². The SMILES string of the molecule is CCC(Sc1nc2ccccc2c(=O)n1-c1cccc(C(F)(F)F)c1)C(=O)NCC(C)C. The summed E-state index contributed by atoms with van der Waals surface area (Å²) in [5, 5.41) is 2.76. The van der Waals surface area contributed by atoms with Crippen molar-refractivity contribution in [1.29, 1.82) is 0 Å². The van der Waals surface area contributed by atoms with Gasteiger partial charge in [-0.2, -0.15) is 13.2 Å². The molecule has 0 bridgehead atoms. The van der Waals surface area contributed by atoms with Crippen molar-refractivity contribution < 1.29 is 18.0 Å². The molecule has 1 heterocycles. The summed E-state index contributed by atoms with van der Waals surface area (Å²) in [4.78, 5) is 30.5. The highest BCUT2D eigenvalue weighted by Crippen LogP contribution is 2.32. The summed E-state index contributed by atoms with van der Waals surface area (Å²) in [6.45, 7) is 6.29. The lowest BCUT2D eigenvalue weighted by Gasteiger charge is -2.19. The van der Waals surface area contributed by atoms with Crippen LogP contribution < -0.4 is 10.9 Å². The molecule has 1 unspecified atom stereocenters. The summed E-state index contributed by atoms with van der Waals surface area (Å²) >= 11 is 1.07. The lowest BCUT2D eigenvalue weighted by Crippen LogP contribution is -2.35. The quantitative estimate of drug-likeness (QED) is 0.394. The Morgan fingerprint density at radius 3 is 2.53 bits per heavy atom. The average molecular weight is 464 g/mol. The van der Waals surface area contributed by atoms with E-state index in [0.717, 1.165) is 28.5 Å². The maximum atomic E-state index is 13.3. The Morgan fingerprint density at radius 2 is 1.88 bits per heavy atom. The second-order valence-corrected chi connectivity index (χ2v) is 8.92. The first-order valence-corrected chi connectivity index (χ1v) is 11.1. The smallest absolute Gasteiger partial charge is 0.355 e. The number of thioether (sulfide) groups is 1. The monoisotopic (exact) mass is 463 g/mol. The van der Waals surface area contributed by atoms with Crippen molar-refractivity contribution in [3.63, 3.8) is 0 Å². The van der Waals surface area contributed by atoms with E-state index in [1.54, 1.807) is 24.3 Å². The first-order chi connectivity index (χ1) is 15.1. The van der Waals surface area contributed by atoms with Crippen LogP contribution in [0.15, 0.2) is 58.5 Å². The number of hydrogen-bond donors (Lipinski definition) is 1. The molecule has 170 valence electrons. The van der Waals surface area contributed by atoms with E-state index in [0.29, 0.717) is 18.5 Å². The van der Waals surface area contributed by atoms with Crippen molar-refractivity contribution >= 4 is 28.6 Å². The molecular weight excluding hydrogens is 439 g/mol. The molecule has 2 aromatic carbocycles. The van der Waals surface area contributed by atoms with Crippen LogP contribution in [0.4, 0.5) is 13.2 Å². The Bertz CT molecular complexity index is 1180. The third kappa shape index (κ3) is 5.32. The predicted molar refractivity (Wildman–Crippen MR) is 120 cm³/mol. The number of alkyl halides is 3. The van der Waals surface area contributed by atoms with Gasteiger partial charge in [-0.3, -0.25) is 14.2 Å². The molecule has 0 aliphatic rings. The molecule has 0 aliphatic carbocycles. The van der Waals surface area contributed by atoms with Crippen molar-refractivity contribution in [2.24, 2.45) is 5.92 Å². The van der Waals surface area contributed by atoms with Gasteiger partial charge in [0.1, 0.15) is 0 Å². The number of rotatable bonds is 7. The molecule has 1 amide bonds. The summed E-state index contributed by atoms with van der Waals surface area (Å²) in [7, 11) is 0. The normalized spacial score (nSPS) is 12.8. The Hall–Kier alpha value is -2.81. The Balaban J connectivity index is 2.13. The van der Waals surface area contributed by atoms with E-state index in [1.807, 2.05) is 20.8 Å². The highest BCUT2D eigenvalue weighted by Gasteiger charge is 2.31. The van der Waals surface area contributed by atoms with E-state index in [1.165, 1.54) is 12.1 Å². The second kappa shape index (κ2) is 9.77. The van der Waals surface area contributed by atoms with Crippen molar-refractivity contribution in [3.05, 3.63) is 64.4 Å². The molecule has 0 saturated carbocycles. The highest BCUT2D eigenvalue weighted by molar-refractivity contribution is 8.00. The van der Waals surface area contributed by atoms with Crippen LogP contribution in [0.5, 0.6) is 0 Å². The number of fused-ring (bicyclic) bond motifs is 1. The van der Waals surface area contributed by atoms with E-state index in [9.17, 15) is 22.8 Å². The minimum atomic E-state index is -4.56. The van der Waals surface area contributed by atoms with Gasteiger partial charge < -0.3 is 5.32 Å². The number of aromatic nitrogens is 2. The number of amides is 1. The molecule has 3 aromatic rings. The Labute approximate surface area is 188 Å². The lowest BCUT2D eigenvalue weighted by molar-refractivity contribution is -0.137. The number of hydrogen-bond acceptors (Lipinski definition) is 4.